The van der Waals surface area contributed by atoms with Crippen LogP contribution in [-0.4, -0.2) is 51.7 Å². The van der Waals surface area contributed by atoms with E-state index in [0.717, 1.165) is 19.3 Å². The molecule has 1 aliphatic carbocycles. The van der Waals surface area contributed by atoms with Gasteiger partial charge in [0.15, 0.2) is 5.78 Å². The standard InChI is InChI=1S/C25H38O8/c1-4-6-11-17(3)20(26)14-13-18-16-19(23(29)30)22(28)25(18,24(31)32)15-10-8-7-9-12-21(27)33-5-2/h8,10,13-14,17-20,26H,4-7,9,11-12,15-16H2,1-3H3,(H,29,30)(H,31,32)/b10-8+,14-13+. The maximum Gasteiger partial charge on any atom is 0.318 e. The fourth-order valence-corrected chi connectivity index (χ4v) is 4.23. The highest BCUT2D eigenvalue weighted by Crippen LogP contribution is 2.48. The first-order valence-corrected chi connectivity index (χ1v) is 11.8. The summed E-state index contributed by atoms with van der Waals surface area (Å²) in [6.07, 6.45) is 9.22. The van der Waals surface area contributed by atoms with Crippen LogP contribution in [0.1, 0.15) is 72.1 Å². The molecule has 5 unspecified atom stereocenters. The van der Waals surface area contributed by atoms with Gasteiger partial charge < -0.3 is 20.1 Å². The highest BCUT2D eigenvalue weighted by molar-refractivity contribution is 6.13. The first-order chi connectivity index (χ1) is 15.6. The van der Waals surface area contributed by atoms with Crippen molar-refractivity contribution in [3.8, 4) is 0 Å². The summed E-state index contributed by atoms with van der Waals surface area (Å²) in [7, 11) is 0. The Morgan fingerprint density at radius 2 is 1.88 bits per heavy atom. The summed E-state index contributed by atoms with van der Waals surface area (Å²) in [4.78, 5) is 48.3. The van der Waals surface area contributed by atoms with Gasteiger partial charge in [0.2, 0.25) is 0 Å². The van der Waals surface area contributed by atoms with E-state index >= 15 is 0 Å². The summed E-state index contributed by atoms with van der Waals surface area (Å²) >= 11 is 0. The van der Waals surface area contributed by atoms with E-state index in [-0.39, 0.29) is 31.1 Å². The Labute approximate surface area is 195 Å². The van der Waals surface area contributed by atoms with Gasteiger partial charge in [0.05, 0.1) is 12.7 Å². The van der Waals surface area contributed by atoms with Crippen LogP contribution in [0.25, 0.3) is 0 Å². The Kier molecular flexibility index (Phi) is 12.1. The highest BCUT2D eigenvalue weighted by Gasteiger charge is 2.60. The van der Waals surface area contributed by atoms with Crippen LogP contribution >= 0.6 is 0 Å². The first kappa shape index (κ1) is 28.6. The van der Waals surface area contributed by atoms with Crippen LogP contribution in [-0.2, 0) is 23.9 Å². The number of aliphatic hydroxyl groups is 1. The topological polar surface area (TPSA) is 138 Å². The third-order valence-electron chi connectivity index (χ3n) is 6.36. The zero-order valence-corrected chi connectivity index (χ0v) is 19.9. The number of ketones is 1. The van der Waals surface area contributed by atoms with Gasteiger partial charge in [-0.1, -0.05) is 51.0 Å². The minimum atomic E-state index is -1.90. The molecule has 3 N–H and O–H groups in total. The van der Waals surface area contributed by atoms with Gasteiger partial charge in [-0.2, -0.15) is 0 Å². The molecule has 0 aliphatic heterocycles. The van der Waals surface area contributed by atoms with Crippen molar-refractivity contribution in [1.29, 1.82) is 0 Å². The largest absolute Gasteiger partial charge is 0.481 e. The van der Waals surface area contributed by atoms with Gasteiger partial charge >= 0.3 is 17.9 Å². The van der Waals surface area contributed by atoms with Crippen LogP contribution < -0.4 is 0 Å². The molecule has 0 bridgehead atoms. The lowest BCUT2D eigenvalue weighted by molar-refractivity contribution is -0.156. The molecule has 33 heavy (non-hydrogen) atoms. The van der Waals surface area contributed by atoms with E-state index in [0.29, 0.717) is 19.4 Å². The summed E-state index contributed by atoms with van der Waals surface area (Å²) in [6, 6.07) is 0. The number of aliphatic hydroxyl groups excluding tert-OH is 1. The van der Waals surface area contributed by atoms with Crippen LogP contribution in [0.3, 0.4) is 0 Å². The Balaban J connectivity index is 3.00. The smallest absolute Gasteiger partial charge is 0.318 e. The molecule has 0 spiro atoms. The molecule has 8 nitrogen and oxygen atoms in total. The minimum Gasteiger partial charge on any atom is -0.481 e. The molecule has 1 rings (SSSR count). The maximum atomic E-state index is 13.0. The molecule has 0 saturated heterocycles. The highest BCUT2D eigenvalue weighted by atomic mass is 16.5. The van der Waals surface area contributed by atoms with Crippen LogP contribution in [0, 0.1) is 23.2 Å². The van der Waals surface area contributed by atoms with E-state index in [4.69, 9.17) is 4.74 Å². The van der Waals surface area contributed by atoms with Gasteiger partial charge in [0.25, 0.3) is 0 Å². The predicted molar refractivity (Wildman–Crippen MR) is 122 cm³/mol. The second-order valence-corrected chi connectivity index (χ2v) is 8.74. The second-order valence-electron chi connectivity index (χ2n) is 8.74. The van der Waals surface area contributed by atoms with E-state index in [1.54, 1.807) is 19.1 Å². The van der Waals surface area contributed by atoms with E-state index in [1.807, 2.05) is 6.92 Å². The number of carboxylic acids is 2. The Morgan fingerprint density at radius 3 is 2.45 bits per heavy atom. The molecule has 0 aromatic carbocycles. The van der Waals surface area contributed by atoms with Gasteiger partial charge in [-0.25, -0.2) is 0 Å². The summed E-state index contributed by atoms with van der Waals surface area (Å²) in [5.74, 6) is -6.11. The van der Waals surface area contributed by atoms with Crippen LogP contribution in [0.15, 0.2) is 24.3 Å². The number of aliphatic carboxylic acids is 2. The fourth-order valence-electron chi connectivity index (χ4n) is 4.23. The molecule has 186 valence electrons. The number of hydrogen-bond acceptors (Lipinski definition) is 6. The molecule has 0 amide bonds. The zero-order chi connectivity index (χ0) is 25.0. The third-order valence-corrected chi connectivity index (χ3v) is 6.36. The molecule has 1 saturated carbocycles. The summed E-state index contributed by atoms with van der Waals surface area (Å²) in [5.41, 5.74) is -1.90. The predicted octanol–water partition coefficient (Wildman–Crippen LogP) is 3.77. The van der Waals surface area contributed by atoms with E-state index in [2.05, 4.69) is 6.92 Å². The molecule has 0 aromatic heterocycles. The third kappa shape index (κ3) is 7.81. The SMILES string of the molecule is CCCCC(C)C(O)/C=C/C1CC(C(=O)O)C(=O)C1(C/C=C/CCCC(=O)OCC)C(=O)O. The van der Waals surface area contributed by atoms with Crippen LogP contribution in [0.2, 0.25) is 0 Å². The number of ether oxygens (including phenoxy) is 1. The molecule has 0 radical (unpaired) electrons. The number of allylic oxidation sites excluding steroid dienone is 3. The van der Waals surface area contributed by atoms with Crippen LogP contribution in [0.5, 0.6) is 0 Å². The van der Waals surface area contributed by atoms with Crippen molar-refractivity contribution in [2.75, 3.05) is 6.61 Å². The van der Waals surface area contributed by atoms with E-state index in [1.165, 1.54) is 12.2 Å². The van der Waals surface area contributed by atoms with Gasteiger partial charge in [0, 0.05) is 12.3 Å². The summed E-state index contributed by atoms with van der Waals surface area (Å²) in [6.45, 7) is 5.98. The van der Waals surface area contributed by atoms with Crippen molar-refractivity contribution in [3.05, 3.63) is 24.3 Å². The van der Waals surface area contributed by atoms with Crippen molar-refractivity contribution in [2.45, 2.75) is 78.2 Å². The second kappa shape index (κ2) is 13.9. The zero-order valence-electron chi connectivity index (χ0n) is 19.9. The minimum absolute atomic E-state index is 0.0351. The summed E-state index contributed by atoms with van der Waals surface area (Å²) < 4.78 is 4.85. The van der Waals surface area contributed by atoms with Gasteiger partial charge in [-0.15, -0.1) is 0 Å². The number of unbranched alkanes of at least 4 members (excludes halogenated alkanes) is 2. The van der Waals surface area contributed by atoms with Crippen LogP contribution in [0.4, 0.5) is 0 Å². The number of rotatable bonds is 15. The number of carboxylic acid groups (broad SMARTS) is 2. The van der Waals surface area contributed by atoms with Gasteiger partial charge in [0.1, 0.15) is 11.3 Å². The maximum absolute atomic E-state index is 13.0. The normalized spacial score (nSPS) is 24.9. The number of carbonyl (C=O) groups excluding carboxylic acids is 2. The van der Waals surface area contributed by atoms with Gasteiger partial charge in [-0.05, 0) is 44.9 Å². The average molecular weight is 467 g/mol. The fraction of sp³-hybridized carbons (Fsp3) is 0.680. The molecule has 8 heteroatoms. The van der Waals surface area contributed by atoms with E-state index in [9.17, 15) is 34.5 Å². The van der Waals surface area contributed by atoms with Crippen molar-refractivity contribution >= 4 is 23.7 Å². The molecule has 0 aromatic rings. The molecule has 1 aliphatic rings. The number of Topliss-reactive ketones (excluding diaryl/α,β-unsaturated/α-hetero) is 1. The molecule has 0 heterocycles. The summed E-state index contributed by atoms with van der Waals surface area (Å²) in [5, 5.41) is 29.9. The molecular formula is C25H38O8. The molecule has 5 atom stereocenters. The Morgan fingerprint density at radius 1 is 1.18 bits per heavy atom. The molecular weight excluding hydrogens is 428 g/mol. The Bertz CT molecular complexity index is 741. The number of hydrogen-bond donors (Lipinski definition) is 3. The number of esters is 1. The van der Waals surface area contributed by atoms with Crippen molar-refractivity contribution in [1.82, 2.24) is 0 Å². The van der Waals surface area contributed by atoms with Crippen molar-refractivity contribution in [2.24, 2.45) is 23.2 Å². The number of carbonyl (C=O) groups is 4. The lowest BCUT2D eigenvalue weighted by Gasteiger charge is -2.27. The van der Waals surface area contributed by atoms with Gasteiger partial charge in [-0.3, -0.25) is 19.2 Å². The quantitative estimate of drug-likeness (QED) is 0.143. The monoisotopic (exact) mass is 466 g/mol. The molecule has 1 fully saturated rings. The average Bonchev–Trinajstić information content (AvgIpc) is 3.05. The lowest BCUT2D eigenvalue weighted by atomic mass is 9.73. The first-order valence-electron chi connectivity index (χ1n) is 11.8. The lowest BCUT2D eigenvalue weighted by Crippen LogP contribution is -2.42. The van der Waals surface area contributed by atoms with E-state index < -0.39 is 41.1 Å². The van der Waals surface area contributed by atoms with Crippen molar-refractivity contribution < 1.29 is 39.2 Å². The Hall–Kier alpha value is -2.48. The van der Waals surface area contributed by atoms with Crippen molar-refractivity contribution in [3.63, 3.8) is 0 Å².